The molecule has 0 N–H and O–H groups in total. The van der Waals surface area contributed by atoms with Crippen molar-refractivity contribution in [1.29, 1.82) is 5.26 Å². The minimum Gasteiger partial charge on any atom is -0.341 e. The zero-order valence-corrected chi connectivity index (χ0v) is 18.2. The summed E-state index contributed by atoms with van der Waals surface area (Å²) in [5.41, 5.74) is 2.06. The Morgan fingerprint density at radius 2 is 1.97 bits per heavy atom. The molecular formula is C23H20N6O2S. The van der Waals surface area contributed by atoms with E-state index in [4.69, 9.17) is 5.26 Å². The van der Waals surface area contributed by atoms with Gasteiger partial charge in [0.2, 0.25) is 11.7 Å². The van der Waals surface area contributed by atoms with Crippen molar-refractivity contribution >= 4 is 34.3 Å². The van der Waals surface area contributed by atoms with Crippen LogP contribution in [0.2, 0.25) is 0 Å². The molecule has 0 aliphatic carbocycles. The highest BCUT2D eigenvalue weighted by atomic mass is 32.2. The predicted octanol–water partition coefficient (Wildman–Crippen LogP) is 2.85. The molecule has 0 unspecified atom stereocenters. The van der Waals surface area contributed by atoms with Gasteiger partial charge in [-0.1, -0.05) is 42.1 Å². The number of benzene rings is 2. The number of aromatic nitrogens is 4. The number of amides is 1. The first-order valence-electron chi connectivity index (χ1n) is 9.87. The van der Waals surface area contributed by atoms with Crippen molar-refractivity contribution < 1.29 is 4.79 Å². The van der Waals surface area contributed by atoms with Gasteiger partial charge in [0.1, 0.15) is 0 Å². The molecule has 0 saturated heterocycles. The quantitative estimate of drug-likeness (QED) is 0.321. The normalized spacial score (nSPS) is 10.9. The van der Waals surface area contributed by atoms with E-state index in [0.29, 0.717) is 40.5 Å². The molecule has 8 nitrogen and oxygen atoms in total. The van der Waals surface area contributed by atoms with Crippen LogP contribution < -0.4 is 5.56 Å². The van der Waals surface area contributed by atoms with E-state index in [9.17, 15) is 9.59 Å². The Morgan fingerprint density at radius 1 is 1.22 bits per heavy atom. The third-order valence-electron chi connectivity index (χ3n) is 5.04. The molecule has 0 atom stereocenters. The van der Waals surface area contributed by atoms with Crippen LogP contribution in [0.3, 0.4) is 0 Å². The minimum atomic E-state index is -0.157. The molecule has 0 aliphatic rings. The lowest BCUT2D eigenvalue weighted by Gasteiger charge is -2.17. The van der Waals surface area contributed by atoms with Crippen molar-refractivity contribution in [3.05, 3.63) is 82.7 Å². The molecule has 0 bridgehead atoms. The standard InChI is InChI=1S/C23H20N6O2S/c1-3-12-28-21(31)18-6-4-5-7-19(18)29-22(28)25-26-23(29)32-15-20(30)27(2)14-17-10-8-16(13-24)9-11-17/h3-11H,1,12,14-15H2,2H3. The van der Waals surface area contributed by atoms with Gasteiger partial charge < -0.3 is 4.90 Å². The highest BCUT2D eigenvalue weighted by Gasteiger charge is 2.18. The number of para-hydroxylation sites is 1. The number of carbonyl (C=O) groups excluding carboxylic acids is 1. The van der Waals surface area contributed by atoms with Gasteiger partial charge in [0.05, 0.1) is 28.3 Å². The fraction of sp³-hybridized carbons (Fsp3) is 0.174. The van der Waals surface area contributed by atoms with Gasteiger partial charge in [-0.3, -0.25) is 18.6 Å². The predicted molar refractivity (Wildman–Crippen MR) is 123 cm³/mol. The van der Waals surface area contributed by atoms with Crippen LogP contribution in [0.15, 0.2) is 71.1 Å². The van der Waals surface area contributed by atoms with Gasteiger partial charge in [-0.25, -0.2) is 0 Å². The van der Waals surface area contributed by atoms with Crippen molar-refractivity contribution in [3.8, 4) is 6.07 Å². The summed E-state index contributed by atoms with van der Waals surface area (Å²) in [5.74, 6) is 0.511. The summed E-state index contributed by atoms with van der Waals surface area (Å²) < 4.78 is 3.32. The van der Waals surface area contributed by atoms with E-state index in [0.717, 1.165) is 5.56 Å². The summed E-state index contributed by atoms with van der Waals surface area (Å²) in [6.07, 6.45) is 1.64. The largest absolute Gasteiger partial charge is 0.341 e. The maximum Gasteiger partial charge on any atom is 0.263 e. The number of rotatable bonds is 7. The van der Waals surface area contributed by atoms with Gasteiger partial charge in [-0.05, 0) is 29.8 Å². The first-order valence-corrected chi connectivity index (χ1v) is 10.9. The van der Waals surface area contributed by atoms with E-state index < -0.39 is 0 Å². The number of nitriles is 1. The number of fused-ring (bicyclic) bond motifs is 3. The molecule has 0 fully saturated rings. The number of carbonyl (C=O) groups is 1. The molecule has 9 heteroatoms. The Hall–Kier alpha value is -3.90. The van der Waals surface area contributed by atoms with E-state index in [1.165, 1.54) is 16.3 Å². The van der Waals surface area contributed by atoms with Crippen LogP contribution in [0.1, 0.15) is 11.1 Å². The van der Waals surface area contributed by atoms with E-state index in [-0.39, 0.29) is 17.2 Å². The van der Waals surface area contributed by atoms with Crippen LogP contribution in [0.25, 0.3) is 16.7 Å². The van der Waals surface area contributed by atoms with Gasteiger partial charge in [0.25, 0.3) is 5.56 Å². The summed E-state index contributed by atoms with van der Waals surface area (Å²) >= 11 is 1.27. The highest BCUT2D eigenvalue weighted by Crippen LogP contribution is 2.22. The van der Waals surface area contributed by atoms with E-state index in [2.05, 4.69) is 22.8 Å². The maximum absolute atomic E-state index is 12.9. The SMILES string of the molecule is C=CCn1c(=O)c2ccccc2n2c(SCC(=O)N(C)Cc3ccc(C#N)cc3)nnc12. The first kappa shape index (κ1) is 21.3. The molecule has 160 valence electrons. The Labute approximate surface area is 188 Å². The lowest BCUT2D eigenvalue weighted by Crippen LogP contribution is -2.28. The van der Waals surface area contributed by atoms with Crippen LogP contribution in [0, 0.1) is 11.3 Å². The van der Waals surface area contributed by atoms with E-state index in [1.54, 1.807) is 40.6 Å². The van der Waals surface area contributed by atoms with Crippen molar-refractivity contribution in [3.63, 3.8) is 0 Å². The number of hydrogen-bond donors (Lipinski definition) is 0. The Morgan fingerprint density at radius 3 is 2.69 bits per heavy atom. The van der Waals surface area contributed by atoms with Gasteiger partial charge in [0, 0.05) is 20.1 Å². The minimum absolute atomic E-state index is 0.0696. The van der Waals surface area contributed by atoms with Gasteiger partial charge in [-0.2, -0.15) is 5.26 Å². The monoisotopic (exact) mass is 444 g/mol. The second kappa shape index (κ2) is 9.08. The molecule has 32 heavy (non-hydrogen) atoms. The number of allylic oxidation sites excluding steroid dienone is 1. The molecule has 2 heterocycles. The second-order valence-electron chi connectivity index (χ2n) is 7.19. The lowest BCUT2D eigenvalue weighted by atomic mass is 10.1. The number of hydrogen-bond acceptors (Lipinski definition) is 6. The molecule has 4 rings (SSSR count). The molecule has 2 aromatic carbocycles. The average molecular weight is 445 g/mol. The van der Waals surface area contributed by atoms with Gasteiger partial charge >= 0.3 is 0 Å². The fourth-order valence-corrected chi connectivity index (χ4v) is 4.28. The molecule has 0 saturated carbocycles. The third-order valence-corrected chi connectivity index (χ3v) is 5.96. The molecule has 2 aromatic heterocycles. The van der Waals surface area contributed by atoms with Crippen LogP contribution in [0.4, 0.5) is 0 Å². The van der Waals surface area contributed by atoms with Crippen LogP contribution in [-0.4, -0.2) is 42.8 Å². The molecule has 0 spiro atoms. The zero-order chi connectivity index (χ0) is 22.7. The van der Waals surface area contributed by atoms with Crippen molar-refractivity contribution in [1.82, 2.24) is 24.1 Å². The van der Waals surface area contributed by atoms with Crippen LogP contribution in [0.5, 0.6) is 0 Å². The van der Waals surface area contributed by atoms with Gasteiger partial charge in [0.15, 0.2) is 5.16 Å². The van der Waals surface area contributed by atoms with Crippen molar-refractivity contribution in [2.75, 3.05) is 12.8 Å². The first-order chi connectivity index (χ1) is 15.5. The second-order valence-corrected chi connectivity index (χ2v) is 8.13. The smallest absolute Gasteiger partial charge is 0.263 e. The molecule has 4 aromatic rings. The van der Waals surface area contributed by atoms with E-state index >= 15 is 0 Å². The third kappa shape index (κ3) is 4.00. The summed E-state index contributed by atoms with van der Waals surface area (Å²) in [4.78, 5) is 27.2. The molecule has 0 radical (unpaired) electrons. The van der Waals surface area contributed by atoms with Gasteiger partial charge in [-0.15, -0.1) is 16.8 Å². The highest BCUT2D eigenvalue weighted by molar-refractivity contribution is 7.99. The fourth-order valence-electron chi connectivity index (χ4n) is 3.40. The van der Waals surface area contributed by atoms with Crippen LogP contribution in [-0.2, 0) is 17.9 Å². The summed E-state index contributed by atoms with van der Waals surface area (Å²) in [7, 11) is 1.74. The molecular weight excluding hydrogens is 424 g/mol. The van der Waals surface area contributed by atoms with Crippen molar-refractivity contribution in [2.45, 2.75) is 18.2 Å². The van der Waals surface area contributed by atoms with E-state index in [1.807, 2.05) is 30.3 Å². The van der Waals surface area contributed by atoms with Crippen molar-refractivity contribution in [2.24, 2.45) is 0 Å². The summed E-state index contributed by atoms with van der Waals surface area (Å²) in [6, 6.07) is 16.5. The topological polar surface area (TPSA) is 96.3 Å². The maximum atomic E-state index is 12.9. The summed E-state index contributed by atoms with van der Waals surface area (Å²) in [6.45, 7) is 4.47. The lowest BCUT2D eigenvalue weighted by molar-refractivity contribution is -0.127. The Bertz CT molecular complexity index is 1410. The number of nitrogens with zero attached hydrogens (tertiary/aromatic N) is 6. The Kier molecular flexibility index (Phi) is 6.05. The summed E-state index contributed by atoms with van der Waals surface area (Å²) in [5, 5.41) is 18.4. The zero-order valence-electron chi connectivity index (χ0n) is 17.4. The average Bonchev–Trinajstić information content (AvgIpc) is 3.24. The molecule has 1 amide bonds. The molecule has 0 aliphatic heterocycles. The number of thioether (sulfide) groups is 1. The van der Waals surface area contributed by atoms with Crippen LogP contribution >= 0.6 is 11.8 Å². The Balaban J connectivity index is 1.58.